The van der Waals surface area contributed by atoms with Crippen molar-refractivity contribution in [1.82, 2.24) is 4.31 Å². The Balaban J connectivity index is 1.65. The number of hydrogen-bond donors (Lipinski definition) is 1. The summed E-state index contributed by atoms with van der Waals surface area (Å²) >= 11 is 0. The quantitative estimate of drug-likeness (QED) is 0.243. The summed E-state index contributed by atoms with van der Waals surface area (Å²) in [5, 5.41) is 9.57. The van der Waals surface area contributed by atoms with Gasteiger partial charge in [0.2, 0.25) is 15.9 Å². The van der Waals surface area contributed by atoms with E-state index in [0.717, 1.165) is 35.2 Å². The van der Waals surface area contributed by atoms with Gasteiger partial charge in [-0.1, -0.05) is 61.2 Å². The van der Waals surface area contributed by atoms with E-state index in [9.17, 15) is 27.9 Å². The molecule has 0 atom stereocenters. The molecule has 1 saturated carbocycles. The van der Waals surface area contributed by atoms with E-state index in [1.54, 1.807) is 12.1 Å². The van der Waals surface area contributed by atoms with Crippen molar-refractivity contribution in [3.05, 3.63) is 89.0 Å². The highest BCUT2D eigenvalue weighted by molar-refractivity contribution is 7.89. The molecule has 0 aromatic heterocycles. The molecule has 3 aromatic carbocycles. The summed E-state index contributed by atoms with van der Waals surface area (Å²) in [6.45, 7) is 2.62. The van der Waals surface area contributed by atoms with Crippen molar-refractivity contribution in [3.63, 3.8) is 0 Å². The van der Waals surface area contributed by atoms with Crippen molar-refractivity contribution in [2.45, 2.75) is 63.3 Å². The van der Waals surface area contributed by atoms with Crippen molar-refractivity contribution in [1.29, 1.82) is 0 Å². The van der Waals surface area contributed by atoms with Crippen molar-refractivity contribution >= 4 is 33.6 Å². The van der Waals surface area contributed by atoms with Gasteiger partial charge >= 0.3 is 11.9 Å². The average Bonchev–Trinajstić information content (AvgIpc) is 2.96. The van der Waals surface area contributed by atoms with E-state index < -0.39 is 34.4 Å². The van der Waals surface area contributed by atoms with Crippen LogP contribution in [0.25, 0.3) is 0 Å². The molecule has 10 heteroatoms. The molecule has 222 valence electrons. The number of benzene rings is 3. The number of anilines is 1. The molecule has 0 saturated heterocycles. The van der Waals surface area contributed by atoms with Gasteiger partial charge in [0.1, 0.15) is 11.3 Å². The van der Waals surface area contributed by atoms with E-state index in [1.165, 1.54) is 67.1 Å². The first-order valence-electron chi connectivity index (χ1n) is 13.9. The Morgan fingerprint density at radius 2 is 1.57 bits per heavy atom. The van der Waals surface area contributed by atoms with E-state index in [0.29, 0.717) is 5.92 Å². The van der Waals surface area contributed by atoms with Crippen molar-refractivity contribution in [2.75, 3.05) is 18.5 Å². The Morgan fingerprint density at radius 3 is 2.17 bits per heavy atom. The highest BCUT2D eigenvalue weighted by Crippen LogP contribution is 2.33. The van der Waals surface area contributed by atoms with Crippen LogP contribution in [0.1, 0.15) is 72.0 Å². The number of nitrogens with zero attached hydrogens (tertiary/aromatic N) is 2. The molecule has 0 bridgehead atoms. The summed E-state index contributed by atoms with van der Waals surface area (Å²) in [5.41, 5.74) is 2.99. The number of aromatic carboxylic acids is 1. The molecular formula is C32H36N2O7S. The second kappa shape index (κ2) is 13.3. The normalized spacial score (nSPS) is 14.0. The Bertz CT molecular complexity index is 1540. The van der Waals surface area contributed by atoms with Gasteiger partial charge in [0.05, 0.1) is 18.0 Å². The molecule has 1 aliphatic rings. The lowest BCUT2D eigenvalue weighted by Gasteiger charge is -2.27. The van der Waals surface area contributed by atoms with Gasteiger partial charge in [-0.15, -0.1) is 0 Å². The molecule has 3 aromatic rings. The van der Waals surface area contributed by atoms with Crippen LogP contribution in [-0.4, -0.2) is 49.3 Å². The highest BCUT2D eigenvalue weighted by atomic mass is 32.2. The number of carbonyl (C=O) groups is 3. The first-order valence-corrected chi connectivity index (χ1v) is 15.4. The minimum Gasteiger partial charge on any atom is -0.478 e. The highest BCUT2D eigenvalue weighted by Gasteiger charge is 2.27. The van der Waals surface area contributed by atoms with Gasteiger partial charge in [-0.25, -0.2) is 13.2 Å². The number of hydrogen-bond acceptors (Lipinski definition) is 6. The van der Waals surface area contributed by atoms with Crippen LogP contribution in [0.15, 0.2) is 71.6 Å². The third-order valence-corrected chi connectivity index (χ3v) is 9.36. The van der Waals surface area contributed by atoms with Gasteiger partial charge in [0, 0.05) is 25.7 Å². The molecule has 0 radical (unpaired) electrons. The second-order valence-electron chi connectivity index (χ2n) is 10.7. The maximum absolute atomic E-state index is 13.8. The Hall–Kier alpha value is -4.02. The van der Waals surface area contributed by atoms with Crippen LogP contribution in [0, 0.1) is 6.92 Å². The molecule has 1 fully saturated rings. The number of esters is 1. The number of carboxylic acids is 1. The maximum Gasteiger partial charge on any atom is 0.339 e. The van der Waals surface area contributed by atoms with E-state index in [1.807, 2.05) is 19.1 Å². The number of carbonyl (C=O) groups excluding carboxylic acids is 2. The minimum absolute atomic E-state index is 0.0659. The van der Waals surface area contributed by atoms with Gasteiger partial charge in [0.15, 0.2) is 0 Å². The van der Waals surface area contributed by atoms with E-state index >= 15 is 0 Å². The Labute approximate surface area is 246 Å². The molecule has 0 heterocycles. The van der Waals surface area contributed by atoms with E-state index in [2.05, 4.69) is 12.1 Å². The first-order chi connectivity index (χ1) is 20.0. The fourth-order valence-corrected chi connectivity index (χ4v) is 6.30. The Kier molecular flexibility index (Phi) is 9.80. The van der Waals surface area contributed by atoms with Gasteiger partial charge in [-0.3, -0.25) is 9.59 Å². The summed E-state index contributed by atoms with van der Waals surface area (Å²) in [6.07, 6.45) is 5.99. The second-order valence-corrected chi connectivity index (χ2v) is 12.8. The summed E-state index contributed by atoms with van der Waals surface area (Å²) in [7, 11) is -2.63. The van der Waals surface area contributed by atoms with Crippen LogP contribution in [0.5, 0.6) is 5.75 Å². The predicted octanol–water partition coefficient (Wildman–Crippen LogP) is 5.52. The number of aryl methyl sites for hydroxylation is 1. The molecule has 0 aliphatic heterocycles. The van der Waals surface area contributed by atoms with Crippen LogP contribution in [-0.2, 0) is 26.2 Å². The molecular weight excluding hydrogens is 556 g/mol. The first kappa shape index (κ1) is 30.9. The summed E-state index contributed by atoms with van der Waals surface area (Å²) < 4.78 is 32.6. The standard InChI is InChI=1S/C32H36N2O7S/c1-22-9-16-28(17-10-22)42(39,40)33(3)21-31(36)34(27-15-18-29(32(37)38)30(19-27)41-23(2)35)20-24-11-13-26(14-12-24)25-7-5-4-6-8-25/h9-19,25H,4-8,20-21H2,1-3H3,(H,37,38). The predicted molar refractivity (Wildman–Crippen MR) is 159 cm³/mol. The smallest absolute Gasteiger partial charge is 0.339 e. The van der Waals surface area contributed by atoms with E-state index in [4.69, 9.17) is 4.74 Å². The zero-order chi connectivity index (χ0) is 30.4. The van der Waals surface area contributed by atoms with Gasteiger partial charge in [0.25, 0.3) is 0 Å². The number of likely N-dealkylation sites (N-methyl/N-ethyl adjacent to an activating group) is 1. The molecule has 0 unspecified atom stereocenters. The van der Waals surface area contributed by atoms with Gasteiger partial charge in [-0.05, 0) is 61.1 Å². The average molecular weight is 593 g/mol. The maximum atomic E-state index is 13.8. The molecule has 4 rings (SSSR count). The van der Waals surface area contributed by atoms with Crippen molar-refractivity contribution in [2.24, 2.45) is 0 Å². The van der Waals surface area contributed by atoms with Crippen LogP contribution >= 0.6 is 0 Å². The monoisotopic (exact) mass is 592 g/mol. The number of rotatable bonds is 10. The SMILES string of the molecule is CC(=O)Oc1cc(N(Cc2ccc(C3CCCCC3)cc2)C(=O)CN(C)S(=O)(=O)c2ccc(C)cc2)ccc1C(=O)O. The minimum atomic E-state index is -3.96. The van der Waals surface area contributed by atoms with Gasteiger partial charge < -0.3 is 14.7 Å². The number of ether oxygens (including phenoxy) is 1. The lowest BCUT2D eigenvalue weighted by atomic mass is 9.84. The van der Waals surface area contributed by atoms with Crippen LogP contribution in [0.2, 0.25) is 0 Å². The fourth-order valence-electron chi connectivity index (χ4n) is 5.18. The number of amides is 1. The number of sulfonamides is 1. The van der Waals surface area contributed by atoms with E-state index in [-0.39, 0.29) is 28.4 Å². The number of carboxylic acid groups (broad SMARTS) is 1. The van der Waals surface area contributed by atoms with Crippen LogP contribution in [0.3, 0.4) is 0 Å². The molecule has 0 spiro atoms. The van der Waals surface area contributed by atoms with Crippen molar-refractivity contribution in [3.8, 4) is 5.75 Å². The molecule has 9 nitrogen and oxygen atoms in total. The zero-order valence-electron chi connectivity index (χ0n) is 24.1. The lowest BCUT2D eigenvalue weighted by Crippen LogP contribution is -2.41. The topological polar surface area (TPSA) is 121 Å². The molecule has 1 amide bonds. The Morgan fingerprint density at radius 1 is 0.929 bits per heavy atom. The fraction of sp³-hybridized carbons (Fsp3) is 0.344. The largest absolute Gasteiger partial charge is 0.478 e. The molecule has 1 aliphatic carbocycles. The van der Waals surface area contributed by atoms with Crippen LogP contribution < -0.4 is 9.64 Å². The molecule has 42 heavy (non-hydrogen) atoms. The van der Waals surface area contributed by atoms with Crippen molar-refractivity contribution < 1.29 is 32.6 Å². The molecule has 1 N–H and O–H groups in total. The van der Waals surface area contributed by atoms with Crippen LogP contribution in [0.4, 0.5) is 5.69 Å². The third kappa shape index (κ3) is 7.43. The summed E-state index contributed by atoms with van der Waals surface area (Å²) in [5.74, 6) is -2.24. The third-order valence-electron chi connectivity index (χ3n) is 7.55. The van der Waals surface area contributed by atoms with Gasteiger partial charge in [-0.2, -0.15) is 4.31 Å². The lowest BCUT2D eigenvalue weighted by molar-refractivity contribution is -0.131. The summed E-state index contributed by atoms with van der Waals surface area (Å²) in [4.78, 5) is 38.6. The summed E-state index contributed by atoms with van der Waals surface area (Å²) in [6, 6.07) is 18.4. The zero-order valence-corrected chi connectivity index (χ0v) is 24.9.